The summed E-state index contributed by atoms with van der Waals surface area (Å²) in [6, 6.07) is 9.03. The van der Waals surface area contributed by atoms with E-state index in [1.807, 2.05) is 30.3 Å². The number of hydrogen-bond donors (Lipinski definition) is 3. The highest BCUT2D eigenvalue weighted by atomic mass is 16.5. The van der Waals surface area contributed by atoms with E-state index in [2.05, 4.69) is 26.1 Å². The van der Waals surface area contributed by atoms with Crippen LogP contribution in [0.2, 0.25) is 0 Å². The molecule has 0 spiro atoms. The van der Waals surface area contributed by atoms with E-state index < -0.39 is 12.0 Å². The Hall–Kier alpha value is -1.92. The zero-order valence-electron chi connectivity index (χ0n) is 25.0. The summed E-state index contributed by atoms with van der Waals surface area (Å²) in [6.45, 7) is 7.24. The maximum atomic E-state index is 13.0. The van der Waals surface area contributed by atoms with Gasteiger partial charge >= 0.3 is 5.97 Å². The number of rotatable bonds is 8. The Morgan fingerprint density at radius 3 is 2.42 bits per heavy atom. The first-order valence-electron chi connectivity index (χ1n) is 15.8. The molecule has 4 aliphatic rings. The van der Waals surface area contributed by atoms with Crippen LogP contribution in [0.5, 0.6) is 0 Å². The number of methoxy groups -OCH3 is 1. The van der Waals surface area contributed by atoms with Gasteiger partial charge in [0.2, 0.25) is 5.91 Å². The molecule has 4 fully saturated rings. The zero-order chi connectivity index (χ0) is 28.7. The second kappa shape index (κ2) is 11.8. The summed E-state index contributed by atoms with van der Waals surface area (Å²) in [5.41, 5.74) is 1.42. The molecular weight excluding hydrogens is 502 g/mol. The van der Waals surface area contributed by atoms with Crippen LogP contribution in [0.25, 0.3) is 0 Å². The summed E-state index contributed by atoms with van der Waals surface area (Å²) in [6.07, 6.45) is 9.52. The number of aliphatic hydroxyl groups excluding tert-OH is 2. The van der Waals surface area contributed by atoms with E-state index in [9.17, 15) is 19.8 Å². The van der Waals surface area contributed by atoms with Gasteiger partial charge in [0.05, 0.1) is 19.3 Å². The lowest BCUT2D eigenvalue weighted by molar-refractivity contribution is -0.174. The van der Waals surface area contributed by atoms with Crippen LogP contribution in [-0.4, -0.2) is 47.4 Å². The summed E-state index contributed by atoms with van der Waals surface area (Å²) in [4.78, 5) is 25.4. The van der Waals surface area contributed by atoms with Crippen LogP contribution in [0.4, 0.5) is 0 Å². The van der Waals surface area contributed by atoms with Crippen LogP contribution in [-0.2, 0) is 20.7 Å². The SMILES string of the molecule is COC(=O)[C@H](Cc1ccccc1)NC(=O)CC[C@@H](C)[C@H]1CC[C@H]2[C@@H]3[C@H](O)C[C@@H]4C[C@H](O)CC[C@]4(C)[C@H]3CC[C@]12C. The van der Waals surface area contributed by atoms with E-state index in [4.69, 9.17) is 4.74 Å². The third-order valence-corrected chi connectivity index (χ3v) is 12.3. The molecule has 1 amide bonds. The quantitative estimate of drug-likeness (QED) is 0.380. The number of ether oxygens (including phenoxy) is 1. The minimum absolute atomic E-state index is 0.0947. The predicted molar refractivity (Wildman–Crippen MR) is 155 cm³/mol. The Morgan fingerprint density at radius 2 is 1.70 bits per heavy atom. The molecule has 4 aliphatic carbocycles. The summed E-state index contributed by atoms with van der Waals surface area (Å²) in [5.74, 6) is 2.30. The summed E-state index contributed by atoms with van der Waals surface area (Å²) < 4.78 is 4.98. The van der Waals surface area contributed by atoms with Crippen molar-refractivity contribution in [1.82, 2.24) is 5.32 Å². The van der Waals surface area contributed by atoms with Gasteiger partial charge in [-0.25, -0.2) is 4.79 Å². The lowest BCUT2D eigenvalue weighted by Crippen LogP contribution is -2.58. The van der Waals surface area contributed by atoms with Gasteiger partial charge in [-0.15, -0.1) is 0 Å². The molecular formula is C34H51NO5. The molecule has 0 saturated heterocycles. The molecule has 0 aliphatic heterocycles. The summed E-state index contributed by atoms with van der Waals surface area (Å²) in [7, 11) is 1.36. The highest BCUT2D eigenvalue weighted by Gasteiger charge is 2.62. The van der Waals surface area contributed by atoms with Crippen molar-refractivity contribution in [1.29, 1.82) is 0 Å². The van der Waals surface area contributed by atoms with E-state index in [1.54, 1.807) is 0 Å². The molecule has 0 radical (unpaired) electrons. The molecule has 222 valence electrons. The number of carbonyl (C=O) groups is 2. The lowest BCUT2D eigenvalue weighted by Gasteiger charge is -2.62. The first-order chi connectivity index (χ1) is 19.1. The fourth-order valence-corrected chi connectivity index (χ4v) is 10.2. The maximum absolute atomic E-state index is 13.0. The second-order valence-corrected chi connectivity index (χ2v) is 14.3. The van der Waals surface area contributed by atoms with Crippen molar-refractivity contribution in [3.63, 3.8) is 0 Å². The van der Waals surface area contributed by atoms with E-state index in [1.165, 1.54) is 26.4 Å². The van der Waals surface area contributed by atoms with E-state index in [-0.39, 0.29) is 28.9 Å². The van der Waals surface area contributed by atoms with Crippen LogP contribution in [0.3, 0.4) is 0 Å². The monoisotopic (exact) mass is 553 g/mol. The topological polar surface area (TPSA) is 95.9 Å². The normalized spacial score (nSPS) is 40.2. The highest BCUT2D eigenvalue weighted by Crippen LogP contribution is 2.68. The number of aliphatic hydroxyl groups is 2. The van der Waals surface area contributed by atoms with Crippen molar-refractivity contribution in [2.45, 2.75) is 110 Å². The molecule has 1 aromatic rings. The van der Waals surface area contributed by atoms with Gasteiger partial charge < -0.3 is 20.3 Å². The number of hydrogen-bond acceptors (Lipinski definition) is 5. The van der Waals surface area contributed by atoms with Crippen molar-refractivity contribution < 1.29 is 24.5 Å². The average Bonchev–Trinajstić information content (AvgIpc) is 3.29. The zero-order valence-corrected chi connectivity index (χ0v) is 25.0. The van der Waals surface area contributed by atoms with Gasteiger partial charge in [0, 0.05) is 12.8 Å². The Labute approximate surface area is 240 Å². The number of carbonyl (C=O) groups excluding carboxylic acids is 2. The third-order valence-electron chi connectivity index (χ3n) is 12.3. The number of amides is 1. The molecule has 11 atom stereocenters. The van der Waals surface area contributed by atoms with E-state index in [0.29, 0.717) is 48.3 Å². The van der Waals surface area contributed by atoms with Crippen molar-refractivity contribution >= 4 is 11.9 Å². The van der Waals surface area contributed by atoms with Crippen LogP contribution in [0.15, 0.2) is 30.3 Å². The molecule has 6 heteroatoms. The van der Waals surface area contributed by atoms with E-state index in [0.717, 1.165) is 44.1 Å². The van der Waals surface area contributed by atoms with Gasteiger partial charge in [-0.3, -0.25) is 4.79 Å². The Morgan fingerprint density at radius 1 is 1.00 bits per heavy atom. The summed E-state index contributed by atoms with van der Waals surface area (Å²) >= 11 is 0. The van der Waals surface area contributed by atoms with Crippen LogP contribution < -0.4 is 5.32 Å². The number of nitrogens with one attached hydrogen (secondary N) is 1. The molecule has 4 saturated carbocycles. The lowest BCUT2D eigenvalue weighted by atomic mass is 9.43. The molecule has 5 rings (SSSR count). The molecule has 6 nitrogen and oxygen atoms in total. The predicted octanol–water partition coefficient (Wildman–Crippen LogP) is 5.29. The number of fused-ring (bicyclic) bond motifs is 5. The van der Waals surface area contributed by atoms with Crippen LogP contribution in [0.1, 0.15) is 90.5 Å². The second-order valence-electron chi connectivity index (χ2n) is 14.3. The van der Waals surface area contributed by atoms with Crippen molar-refractivity contribution in [3.8, 4) is 0 Å². The Bertz CT molecular complexity index is 1050. The van der Waals surface area contributed by atoms with Crippen molar-refractivity contribution in [2.24, 2.45) is 46.3 Å². The summed E-state index contributed by atoms with van der Waals surface area (Å²) in [5, 5.41) is 24.8. The van der Waals surface area contributed by atoms with E-state index >= 15 is 0 Å². The van der Waals surface area contributed by atoms with Gasteiger partial charge in [-0.2, -0.15) is 0 Å². The standard InChI is InChI=1S/C34H51NO5/c1-21(10-13-30(38)35-28(32(39)40-4)18-22-8-6-5-7-9-22)25-11-12-26-31-27(15-17-34(25,26)3)33(2)16-14-24(36)19-23(33)20-29(31)37/h5-9,21,23-29,31,36-37H,10-20H2,1-4H3,(H,35,38)/t21-,23+,24-,25-,26+,27+,28+,29-,31+,33+,34-/m1/s1. The minimum Gasteiger partial charge on any atom is -0.467 e. The molecule has 0 bridgehead atoms. The largest absolute Gasteiger partial charge is 0.467 e. The first-order valence-corrected chi connectivity index (χ1v) is 15.8. The molecule has 0 aromatic heterocycles. The van der Waals surface area contributed by atoms with Gasteiger partial charge in [0.1, 0.15) is 6.04 Å². The number of esters is 1. The third kappa shape index (κ3) is 5.47. The smallest absolute Gasteiger partial charge is 0.328 e. The Kier molecular flexibility index (Phi) is 8.69. The highest BCUT2D eigenvalue weighted by molar-refractivity contribution is 5.84. The maximum Gasteiger partial charge on any atom is 0.328 e. The first kappa shape index (κ1) is 29.6. The fourth-order valence-electron chi connectivity index (χ4n) is 10.2. The molecule has 1 aromatic carbocycles. The molecule has 0 heterocycles. The molecule has 40 heavy (non-hydrogen) atoms. The van der Waals surface area contributed by atoms with Gasteiger partial charge in [0.25, 0.3) is 0 Å². The van der Waals surface area contributed by atoms with Crippen LogP contribution >= 0.6 is 0 Å². The molecule has 3 N–H and O–H groups in total. The number of benzene rings is 1. The van der Waals surface area contributed by atoms with Gasteiger partial charge in [0.15, 0.2) is 0 Å². The van der Waals surface area contributed by atoms with Crippen molar-refractivity contribution in [2.75, 3.05) is 7.11 Å². The van der Waals surface area contributed by atoms with Crippen LogP contribution in [0, 0.1) is 46.3 Å². The Balaban J connectivity index is 1.20. The fraction of sp³-hybridized carbons (Fsp3) is 0.765. The average molecular weight is 554 g/mol. The van der Waals surface area contributed by atoms with Gasteiger partial charge in [-0.1, -0.05) is 51.1 Å². The van der Waals surface area contributed by atoms with Gasteiger partial charge in [-0.05, 0) is 110 Å². The molecule has 0 unspecified atom stereocenters. The van der Waals surface area contributed by atoms with Crippen molar-refractivity contribution in [3.05, 3.63) is 35.9 Å². The minimum atomic E-state index is -0.683.